The van der Waals surface area contributed by atoms with Crippen molar-refractivity contribution >= 4 is 5.91 Å². The van der Waals surface area contributed by atoms with E-state index in [1.807, 2.05) is 39.0 Å². The maximum absolute atomic E-state index is 12.2. The fraction of sp³-hybridized carbons (Fsp3) is 0.611. The molecule has 4 nitrogen and oxygen atoms in total. The number of aliphatic hydroxyl groups excluding tert-OH is 1. The van der Waals surface area contributed by atoms with E-state index < -0.39 is 0 Å². The van der Waals surface area contributed by atoms with E-state index in [-0.39, 0.29) is 23.5 Å². The van der Waals surface area contributed by atoms with Gasteiger partial charge in [0, 0.05) is 31.1 Å². The summed E-state index contributed by atoms with van der Waals surface area (Å²) in [5, 5.41) is 13.0. The second-order valence-corrected chi connectivity index (χ2v) is 6.91. The summed E-state index contributed by atoms with van der Waals surface area (Å²) in [6, 6.07) is 10.5. The molecule has 122 valence electrons. The first-order valence-electron chi connectivity index (χ1n) is 8.16. The van der Waals surface area contributed by atoms with Crippen molar-refractivity contribution in [2.75, 3.05) is 13.1 Å². The third-order valence-corrected chi connectivity index (χ3v) is 4.73. The first kappa shape index (κ1) is 17.0. The van der Waals surface area contributed by atoms with E-state index in [1.165, 1.54) is 5.56 Å². The smallest absolute Gasteiger partial charge is 0.225 e. The number of nitrogens with one attached hydrogen (secondary N) is 1. The average Bonchev–Trinajstić information content (AvgIpc) is 2.85. The van der Waals surface area contributed by atoms with Gasteiger partial charge in [-0.25, -0.2) is 0 Å². The van der Waals surface area contributed by atoms with E-state index in [9.17, 15) is 9.90 Å². The molecule has 1 aromatic carbocycles. The molecule has 1 aliphatic heterocycles. The molecule has 0 radical (unpaired) electrons. The van der Waals surface area contributed by atoms with Crippen molar-refractivity contribution in [3.63, 3.8) is 0 Å². The van der Waals surface area contributed by atoms with Crippen molar-refractivity contribution in [3.8, 4) is 0 Å². The maximum atomic E-state index is 12.2. The van der Waals surface area contributed by atoms with Crippen molar-refractivity contribution in [2.45, 2.75) is 52.3 Å². The molecular weight excluding hydrogens is 276 g/mol. The molecule has 0 bridgehead atoms. The van der Waals surface area contributed by atoms with Crippen LogP contribution in [0, 0.1) is 5.41 Å². The van der Waals surface area contributed by atoms with Crippen molar-refractivity contribution in [1.82, 2.24) is 10.2 Å². The number of carbonyl (C=O) groups is 1. The van der Waals surface area contributed by atoms with Gasteiger partial charge in [-0.15, -0.1) is 0 Å². The Balaban J connectivity index is 1.92. The van der Waals surface area contributed by atoms with Crippen LogP contribution in [0.4, 0.5) is 0 Å². The predicted molar refractivity (Wildman–Crippen MR) is 88.3 cm³/mol. The van der Waals surface area contributed by atoms with Gasteiger partial charge >= 0.3 is 0 Å². The molecule has 1 amide bonds. The molecule has 1 heterocycles. The highest BCUT2D eigenvalue weighted by Gasteiger charge is 2.32. The van der Waals surface area contributed by atoms with Crippen LogP contribution in [0.5, 0.6) is 0 Å². The standard InChI is InChI=1S/C18H28N2O2/c1-4-18(2,3)17(22)19-11-15-10-16(21)13-20(15)12-14-8-6-5-7-9-14/h5-9,15-16,21H,4,10-13H2,1-3H3,(H,19,22). The zero-order valence-electron chi connectivity index (χ0n) is 13.9. The predicted octanol–water partition coefficient (Wildman–Crippen LogP) is 2.17. The van der Waals surface area contributed by atoms with Gasteiger partial charge in [0.15, 0.2) is 0 Å². The Morgan fingerprint density at radius 2 is 2.05 bits per heavy atom. The van der Waals surface area contributed by atoms with Crippen LogP contribution in [0.15, 0.2) is 30.3 Å². The summed E-state index contributed by atoms with van der Waals surface area (Å²) in [5.74, 6) is 0.0936. The summed E-state index contributed by atoms with van der Waals surface area (Å²) < 4.78 is 0. The van der Waals surface area contributed by atoms with Crippen LogP contribution in [0.25, 0.3) is 0 Å². The van der Waals surface area contributed by atoms with E-state index in [2.05, 4.69) is 22.3 Å². The second-order valence-electron chi connectivity index (χ2n) is 6.91. The van der Waals surface area contributed by atoms with Crippen molar-refractivity contribution < 1.29 is 9.90 Å². The second kappa shape index (κ2) is 7.25. The molecule has 2 N–H and O–H groups in total. The van der Waals surface area contributed by atoms with Gasteiger partial charge in [-0.1, -0.05) is 51.1 Å². The highest BCUT2D eigenvalue weighted by molar-refractivity contribution is 5.81. The number of aliphatic hydroxyl groups is 1. The van der Waals surface area contributed by atoms with Crippen LogP contribution >= 0.6 is 0 Å². The van der Waals surface area contributed by atoms with Crippen LogP contribution in [-0.2, 0) is 11.3 Å². The van der Waals surface area contributed by atoms with Crippen molar-refractivity contribution in [1.29, 1.82) is 0 Å². The number of likely N-dealkylation sites (tertiary alicyclic amines) is 1. The molecule has 1 aliphatic rings. The minimum Gasteiger partial charge on any atom is -0.392 e. The van der Waals surface area contributed by atoms with Crippen LogP contribution in [-0.4, -0.2) is 41.1 Å². The number of hydrogen-bond acceptors (Lipinski definition) is 3. The molecule has 0 spiro atoms. The Bertz CT molecular complexity index is 487. The van der Waals surface area contributed by atoms with E-state index in [1.54, 1.807) is 0 Å². The quantitative estimate of drug-likeness (QED) is 0.847. The van der Waals surface area contributed by atoms with Crippen LogP contribution < -0.4 is 5.32 Å². The van der Waals surface area contributed by atoms with Gasteiger partial charge in [-0.3, -0.25) is 9.69 Å². The third-order valence-electron chi connectivity index (χ3n) is 4.73. The minimum absolute atomic E-state index is 0.0936. The van der Waals surface area contributed by atoms with Gasteiger partial charge in [-0.05, 0) is 18.4 Å². The van der Waals surface area contributed by atoms with Crippen LogP contribution in [0.1, 0.15) is 39.2 Å². The summed E-state index contributed by atoms with van der Waals surface area (Å²) in [5.41, 5.74) is 0.906. The zero-order chi connectivity index (χ0) is 16.2. The number of benzene rings is 1. The van der Waals surface area contributed by atoms with Gasteiger partial charge in [0.25, 0.3) is 0 Å². The fourth-order valence-corrected chi connectivity index (χ4v) is 2.79. The van der Waals surface area contributed by atoms with Gasteiger partial charge in [0.2, 0.25) is 5.91 Å². The number of hydrogen-bond donors (Lipinski definition) is 2. The minimum atomic E-state index is -0.332. The molecule has 2 atom stereocenters. The van der Waals surface area contributed by atoms with E-state index >= 15 is 0 Å². The highest BCUT2D eigenvalue weighted by Crippen LogP contribution is 2.22. The average molecular weight is 304 g/mol. The number of nitrogens with zero attached hydrogens (tertiary/aromatic N) is 1. The summed E-state index contributed by atoms with van der Waals surface area (Å²) in [4.78, 5) is 14.5. The molecule has 1 saturated heterocycles. The molecule has 0 saturated carbocycles. The molecule has 1 fully saturated rings. The van der Waals surface area contributed by atoms with Crippen LogP contribution in [0.3, 0.4) is 0 Å². The number of carbonyl (C=O) groups excluding carboxylic acids is 1. The molecular formula is C18H28N2O2. The third kappa shape index (κ3) is 4.31. The molecule has 1 aromatic rings. The highest BCUT2D eigenvalue weighted by atomic mass is 16.3. The lowest BCUT2D eigenvalue weighted by Gasteiger charge is -2.27. The Hall–Kier alpha value is -1.39. The fourth-order valence-electron chi connectivity index (χ4n) is 2.79. The lowest BCUT2D eigenvalue weighted by molar-refractivity contribution is -0.129. The topological polar surface area (TPSA) is 52.6 Å². The monoisotopic (exact) mass is 304 g/mol. The van der Waals surface area contributed by atoms with Gasteiger partial charge in [0.1, 0.15) is 0 Å². The Labute approximate surface area is 133 Å². The summed E-state index contributed by atoms with van der Waals surface area (Å²) in [7, 11) is 0. The molecule has 2 rings (SSSR count). The normalized spacial score (nSPS) is 22.7. The van der Waals surface area contributed by atoms with Crippen molar-refractivity contribution in [2.24, 2.45) is 5.41 Å². The van der Waals surface area contributed by atoms with E-state index in [0.717, 1.165) is 19.4 Å². The lowest BCUT2D eigenvalue weighted by atomic mass is 9.89. The maximum Gasteiger partial charge on any atom is 0.225 e. The first-order valence-corrected chi connectivity index (χ1v) is 8.16. The van der Waals surface area contributed by atoms with Gasteiger partial charge in [0.05, 0.1) is 6.10 Å². The molecule has 22 heavy (non-hydrogen) atoms. The Morgan fingerprint density at radius 1 is 1.36 bits per heavy atom. The first-order chi connectivity index (χ1) is 10.4. The largest absolute Gasteiger partial charge is 0.392 e. The summed E-state index contributed by atoms with van der Waals surface area (Å²) >= 11 is 0. The number of rotatable bonds is 6. The van der Waals surface area contributed by atoms with E-state index in [0.29, 0.717) is 13.1 Å². The molecule has 2 unspecified atom stereocenters. The number of amides is 1. The lowest BCUT2D eigenvalue weighted by Crippen LogP contribution is -2.44. The van der Waals surface area contributed by atoms with E-state index in [4.69, 9.17) is 0 Å². The molecule has 4 heteroatoms. The summed E-state index contributed by atoms with van der Waals surface area (Å²) in [6.45, 7) is 8.05. The number of β-amino-alcohol motifs (C(OH)–C–C–N with tert-alkyl or cyclic N) is 1. The zero-order valence-corrected chi connectivity index (χ0v) is 13.9. The molecule has 0 aromatic heterocycles. The molecule has 0 aliphatic carbocycles. The Morgan fingerprint density at radius 3 is 2.68 bits per heavy atom. The Kier molecular flexibility index (Phi) is 5.59. The van der Waals surface area contributed by atoms with Gasteiger partial charge in [-0.2, -0.15) is 0 Å². The van der Waals surface area contributed by atoms with Crippen molar-refractivity contribution in [3.05, 3.63) is 35.9 Å². The summed E-state index contributed by atoms with van der Waals surface area (Å²) in [6.07, 6.45) is 1.24. The van der Waals surface area contributed by atoms with Crippen LogP contribution in [0.2, 0.25) is 0 Å². The van der Waals surface area contributed by atoms with Gasteiger partial charge < -0.3 is 10.4 Å². The SMILES string of the molecule is CCC(C)(C)C(=O)NCC1CC(O)CN1Cc1ccccc1.